The van der Waals surface area contributed by atoms with E-state index in [1.165, 1.54) is 7.11 Å². The van der Waals surface area contributed by atoms with Crippen molar-refractivity contribution in [2.24, 2.45) is 11.3 Å². The molecule has 1 aliphatic carbocycles. The summed E-state index contributed by atoms with van der Waals surface area (Å²) in [7, 11) is 1.45. The first kappa shape index (κ1) is 11.9. The third kappa shape index (κ3) is 1.48. The number of hydrogen-bond acceptors (Lipinski definition) is 3. The number of methoxy groups -OCH3 is 1. The molecule has 1 aliphatic heterocycles. The van der Waals surface area contributed by atoms with Crippen LogP contribution in [0.15, 0.2) is 0 Å². The Hall–Kier alpha value is -0.570. The molecule has 2 fully saturated rings. The van der Waals surface area contributed by atoms with E-state index in [2.05, 4.69) is 27.7 Å². The summed E-state index contributed by atoms with van der Waals surface area (Å²) in [5.41, 5.74) is -0.522. The molecule has 1 unspecified atom stereocenters. The standard InChI is InChI=1S/C13H22O3/c1-9(2)6-13(10(14)15-5)12(16-13)7-11(3,4)8-12/h9H,6-8H2,1-5H3. The first-order valence-electron chi connectivity index (χ1n) is 6.06. The molecule has 1 saturated carbocycles. The number of rotatable bonds is 3. The minimum atomic E-state index is -0.633. The molecule has 92 valence electrons. The highest BCUT2D eigenvalue weighted by molar-refractivity contribution is 5.85. The van der Waals surface area contributed by atoms with Gasteiger partial charge in [-0.05, 0) is 30.6 Å². The van der Waals surface area contributed by atoms with Gasteiger partial charge in [0.2, 0.25) is 0 Å². The number of carbonyl (C=O) groups is 1. The smallest absolute Gasteiger partial charge is 0.341 e. The largest absolute Gasteiger partial charge is 0.467 e. The summed E-state index contributed by atoms with van der Waals surface area (Å²) in [4.78, 5) is 11.9. The van der Waals surface area contributed by atoms with Gasteiger partial charge >= 0.3 is 5.97 Å². The zero-order chi connectivity index (χ0) is 12.2. The molecule has 16 heavy (non-hydrogen) atoms. The summed E-state index contributed by atoms with van der Waals surface area (Å²) in [6.07, 6.45) is 2.72. The average molecular weight is 226 g/mol. The van der Waals surface area contributed by atoms with Gasteiger partial charge in [-0.25, -0.2) is 4.79 Å². The van der Waals surface area contributed by atoms with E-state index in [4.69, 9.17) is 9.47 Å². The fourth-order valence-electron chi connectivity index (χ4n) is 3.44. The topological polar surface area (TPSA) is 38.8 Å². The molecule has 1 saturated heterocycles. The molecule has 3 heteroatoms. The van der Waals surface area contributed by atoms with Crippen molar-refractivity contribution in [2.75, 3.05) is 7.11 Å². The molecule has 0 bridgehead atoms. The number of hydrogen-bond donors (Lipinski definition) is 0. The van der Waals surface area contributed by atoms with E-state index in [0.29, 0.717) is 11.3 Å². The van der Waals surface area contributed by atoms with E-state index >= 15 is 0 Å². The maximum absolute atomic E-state index is 11.9. The number of carbonyl (C=O) groups excluding carboxylic acids is 1. The van der Waals surface area contributed by atoms with Crippen molar-refractivity contribution in [3.8, 4) is 0 Å². The van der Waals surface area contributed by atoms with E-state index in [0.717, 1.165) is 19.3 Å². The molecule has 0 radical (unpaired) electrons. The van der Waals surface area contributed by atoms with Crippen LogP contribution in [0.2, 0.25) is 0 Å². The number of epoxide rings is 1. The van der Waals surface area contributed by atoms with Crippen LogP contribution in [0.5, 0.6) is 0 Å². The van der Waals surface area contributed by atoms with Crippen molar-refractivity contribution < 1.29 is 14.3 Å². The molecule has 2 rings (SSSR count). The summed E-state index contributed by atoms with van der Waals surface area (Å²) in [6.45, 7) is 8.67. The van der Waals surface area contributed by atoms with Crippen molar-refractivity contribution in [1.82, 2.24) is 0 Å². The molecule has 1 spiro atoms. The van der Waals surface area contributed by atoms with E-state index < -0.39 is 5.60 Å². The molecule has 1 atom stereocenters. The van der Waals surface area contributed by atoms with Crippen molar-refractivity contribution in [2.45, 2.75) is 58.2 Å². The van der Waals surface area contributed by atoms with Crippen LogP contribution in [-0.4, -0.2) is 24.3 Å². The maximum Gasteiger partial charge on any atom is 0.341 e. The van der Waals surface area contributed by atoms with Gasteiger partial charge in [0.25, 0.3) is 0 Å². The molecule has 1 heterocycles. The monoisotopic (exact) mass is 226 g/mol. The Morgan fingerprint density at radius 3 is 2.31 bits per heavy atom. The van der Waals surface area contributed by atoms with E-state index in [-0.39, 0.29) is 11.6 Å². The summed E-state index contributed by atoms with van der Waals surface area (Å²) in [5, 5.41) is 0. The Labute approximate surface area is 97.5 Å². The first-order chi connectivity index (χ1) is 7.27. The number of esters is 1. The second-order valence-corrected chi connectivity index (χ2v) is 6.53. The quantitative estimate of drug-likeness (QED) is 0.548. The highest BCUT2D eigenvalue weighted by Crippen LogP contribution is 2.69. The third-order valence-electron chi connectivity index (χ3n) is 3.80. The van der Waals surface area contributed by atoms with Crippen molar-refractivity contribution in [1.29, 1.82) is 0 Å². The average Bonchev–Trinajstić information content (AvgIpc) is 2.70. The molecule has 0 aromatic carbocycles. The van der Waals surface area contributed by atoms with Crippen LogP contribution in [-0.2, 0) is 14.3 Å². The third-order valence-corrected chi connectivity index (χ3v) is 3.80. The second-order valence-electron chi connectivity index (χ2n) is 6.53. The first-order valence-corrected chi connectivity index (χ1v) is 6.06. The van der Waals surface area contributed by atoms with Crippen molar-refractivity contribution in [3.63, 3.8) is 0 Å². The molecule has 0 aromatic rings. The van der Waals surface area contributed by atoms with E-state index in [9.17, 15) is 4.79 Å². The van der Waals surface area contributed by atoms with Crippen LogP contribution in [0.3, 0.4) is 0 Å². The van der Waals surface area contributed by atoms with Crippen LogP contribution in [0.4, 0.5) is 0 Å². The predicted octanol–water partition coefficient (Wildman–Crippen LogP) is 2.53. The second kappa shape index (κ2) is 3.22. The Bertz CT molecular complexity index is 311. The van der Waals surface area contributed by atoms with Gasteiger partial charge in [0, 0.05) is 0 Å². The highest BCUT2D eigenvalue weighted by atomic mass is 16.7. The SMILES string of the molecule is COC(=O)C1(CC(C)C)OC12CC(C)(C)C2. The lowest BCUT2D eigenvalue weighted by atomic mass is 9.59. The molecule has 2 aliphatic rings. The fraction of sp³-hybridized carbons (Fsp3) is 0.923. The Kier molecular flexibility index (Phi) is 2.40. The van der Waals surface area contributed by atoms with Crippen LogP contribution in [0, 0.1) is 11.3 Å². The normalized spacial score (nSPS) is 33.6. The lowest BCUT2D eigenvalue weighted by Crippen LogP contribution is -2.48. The summed E-state index contributed by atoms with van der Waals surface area (Å²) < 4.78 is 10.8. The minimum absolute atomic E-state index is 0.184. The maximum atomic E-state index is 11.9. The zero-order valence-electron chi connectivity index (χ0n) is 10.9. The van der Waals surface area contributed by atoms with Gasteiger partial charge in [0.1, 0.15) is 5.60 Å². The Morgan fingerprint density at radius 2 is 1.94 bits per heavy atom. The van der Waals surface area contributed by atoms with Gasteiger partial charge in [0.05, 0.1) is 7.11 Å². The Morgan fingerprint density at radius 1 is 1.38 bits per heavy atom. The van der Waals surface area contributed by atoms with Crippen molar-refractivity contribution >= 4 is 5.97 Å². The predicted molar refractivity (Wildman–Crippen MR) is 61.0 cm³/mol. The summed E-state index contributed by atoms with van der Waals surface area (Å²) >= 11 is 0. The Balaban J connectivity index is 2.13. The van der Waals surface area contributed by atoms with Gasteiger partial charge < -0.3 is 9.47 Å². The minimum Gasteiger partial charge on any atom is -0.467 e. The van der Waals surface area contributed by atoms with Gasteiger partial charge in [-0.2, -0.15) is 0 Å². The highest BCUT2D eigenvalue weighted by Gasteiger charge is 2.80. The molecule has 0 aromatic heterocycles. The number of ether oxygens (including phenoxy) is 2. The fourth-order valence-corrected chi connectivity index (χ4v) is 3.44. The molecular formula is C13H22O3. The molecular weight excluding hydrogens is 204 g/mol. The van der Waals surface area contributed by atoms with Gasteiger partial charge in [-0.1, -0.05) is 27.7 Å². The summed E-state index contributed by atoms with van der Waals surface area (Å²) in [6, 6.07) is 0. The van der Waals surface area contributed by atoms with Crippen LogP contribution >= 0.6 is 0 Å². The van der Waals surface area contributed by atoms with Crippen LogP contribution in [0.25, 0.3) is 0 Å². The van der Waals surface area contributed by atoms with Crippen molar-refractivity contribution in [3.05, 3.63) is 0 Å². The van der Waals surface area contributed by atoms with Crippen LogP contribution in [0.1, 0.15) is 47.0 Å². The van der Waals surface area contributed by atoms with Crippen LogP contribution < -0.4 is 0 Å². The van der Waals surface area contributed by atoms with Gasteiger partial charge in [0.15, 0.2) is 5.60 Å². The summed E-state index contributed by atoms with van der Waals surface area (Å²) in [5.74, 6) is 0.263. The van der Waals surface area contributed by atoms with E-state index in [1.54, 1.807) is 0 Å². The van der Waals surface area contributed by atoms with E-state index in [1.807, 2.05) is 0 Å². The lowest BCUT2D eigenvalue weighted by molar-refractivity contribution is -0.147. The van der Waals surface area contributed by atoms with Gasteiger partial charge in [-0.15, -0.1) is 0 Å². The zero-order valence-corrected chi connectivity index (χ0v) is 10.9. The molecule has 3 nitrogen and oxygen atoms in total. The molecule has 0 N–H and O–H groups in total. The van der Waals surface area contributed by atoms with Gasteiger partial charge in [-0.3, -0.25) is 0 Å². The molecule has 0 amide bonds. The lowest BCUT2D eigenvalue weighted by Gasteiger charge is -2.42.